The lowest BCUT2D eigenvalue weighted by molar-refractivity contribution is -0.127. The van der Waals surface area contributed by atoms with Gasteiger partial charge in [-0.2, -0.15) is 0 Å². The van der Waals surface area contributed by atoms with E-state index in [1.165, 1.54) is 5.56 Å². The number of benzene rings is 1. The largest absolute Gasteiger partial charge is 0.481 e. The quantitative estimate of drug-likeness (QED) is 0.876. The van der Waals surface area contributed by atoms with Gasteiger partial charge in [0.1, 0.15) is 5.75 Å². The van der Waals surface area contributed by atoms with Gasteiger partial charge in [0.25, 0.3) is 5.91 Å². The zero-order chi connectivity index (χ0) is 15.2. The minimum Gasteiger partial charge on any atom is -0.481 e. The number of aliphatic hydroxyl groups is 1. The van der Waals surface area contributed by atoms with Gasteiger partial charge in [-0.05, 0) is 57.6 Å². The molecule has 1 aromatic carbocycles. The van der Waals surface area contributed by atoms with Crippen molar-refractivity contribution in [1.29, 1.82) is 0 Å². The highest BCUT2D eigenvalue weighted by Gasteiger charge is 2.21. The Morgan fingerprint density at radius 1 is 1.29 bits per heavy atom. The molecule has 1 atom stereocenters. The molecule has 1 aliphatic carbocycles. The summed E-state index contributed by atoms with van der Waals surface area (Å²) in [5.41, 5.74) is 1.17. The van der Waals surface area contributed by atoms with Crippen LogP contribution < -0.4 is 10.1 Å². The lowest BCUT2D eigenvalue weighted by Gasteiger charge is -2.26. The Kier molecular flexibility index (Phi) is 5.62. The highest BCUT2D eigenvalue weighted by atomic mass is 16.5. The van der Waals surface area contributed by atoms with E-state index in [0.29, 0.717) is 18.2 Å². The van der Waals surface area contributed by atoms with E-state index in [2.05, 4.69) is 5.32 Å². The minimum absolute atomic E-state index is 0.0818. The number of carbonyl (C=O) groups excluding carboxylic acids is 1. The Bertz CT molecular complexity index is 450. The van der Waals surface area contributed by atoms with Crippen molar-refractivity contribution in [3.63, 3.8) is 0 Å². The number of carbonyl (C=O) groups is 1. The van der Waals surface area contributed by atoms with Gasteiger partial charge in [-0.25, -0.2) is 0 Å². The topological polar surface area (TPSA) is 58.6 Å². The molecule has 2 N–H and O–H groups in total. The first kappa shape index (κ1) is 15.8. The van der Waals surface area contributed by atoms with Gasteiger partial charge in [0.2, 0.25) is 0 Å². The summed E-state index contributed by atoms with van der Waals surface area (Å²) in [7, 11) is 0. The van der Waals surface area contributed by atoms with Crippen molar-refractivity contribution in [2.24, 2.45) is 5.92 Å². The first-order valence-electron chi connectivity index (χ1n) is 7.73. The average Bonchev–Trinajstić information content (AvgIpc) is 2.48. The van der Waals surface area contributed by atoms with Gasteiger partial charge in [-0.3, -0.25) is 4.79 Å². The molecule has 0 heterocycles. The van der Waals surface area contributed by atoms with E-state index in [0.717, 1.165) is 25.7 Å². The van der Waals surface area contributed by atoms with Crippen molar-refractivity contribution in [3.05, 3.63) is 29.8 Å². The second-order valence-corrected chi connectivity index (χ2v) is 5.99. The van der Waals surface area contributed by atoms with Gasteiger partial charge in [0.15, 0.2) is 6.10 Å². The van der Waals surface area contributed by atoms with E-state index < -0.39 is 6.10 Å². The molecule has 0 radical (unpaired) electrons. The van der Waals surface area contributed by atoms with Crippen LogP contribution in [0, 0.1) is 12.8 Å². The standard InChI is InChI=1S/C17H25NO3/c1-12-3-9-16(10-4-12)21-13(2)17(20)18-11-14-5-7-15(19)8-6-14/h3-4,9-10,13-15,19H,5-8,11H2,1-2H3,(H,18,20). The molecule has 1 aliphatic rings. The monoisotopic (exact) mass is 291 g/mol. The molecule has 0 bridgehead atoms. The fourth-order valence-corrected chi connectivity index (χ4v) is 2.61. The van der Waals surface area contributed by atoms with Crippen molar-refractivity contribution >= 4 is 5.91 Å². The molecule has 4 nitrogen and oxygen atoms in total. The van der Waals surface area contributed by atoms with Crippen LogP contribution in [0.5, 0.6) is 5.75 Å². The second-order valence-electron chi connectivity index (χ2n) is 5.99. The van der Waals surface area contributed by atoms with Crippen molar-refractivity contribution in [3.8, 4) is 5.75 Å². The molecule has 0 spiro atoms. The van der Waals surface area contributed by atoms with Gasteiger partial charge in [0.05, 0.1) is 6.10 Å². The van der Waals surface area contributed by atoms with Crippen molar-refractivity contribution < 1.29 is 14.6 Å². The van der Waals surface area contributed by atoms with Gasteiger partial charge in [0, 0.05) is 6.54 Å². The summed E-state index contributed by atoms with van der Waals surface area (Å²) in [5, 5.41) is 12.4. The molecule has 1 unspecified atom stereocenters. The van der Waals surface area contributed by atoms with Crippen LogP contribution in [-0.4, -0.2) is 29.8 Å². The number of aryl methyl sites for hydroxylation is 1. The summed E-state index contributed by atoms with van der Waals surface area (Å²) in [6, 6.07) is 7.68. The molecule has 1 saturated carbocycles. The number of ether oxygens (including phenoxy) is 1. The first-order valence-corrected chi connectivity index (χ1v) is 7.73. The van der Waals surface area contributed by atoms with E-state index in [9.17, 15) is 9.90 Å². The molecule has 2 rings (SSSR count). The third-order valence-electron chi connectivity index (χ3n) is 4.08. The van der Waals surface area contributed by atoms with Crippen LogP contribution in [0.15, 0.2) is 24.3 Å². The molecular weight excluding hydrogens is 266 g/mol. The van der Waals surface area contributed by atoms with Gasteiger partial charge < -0.3 is 15.2 Å². The smallest absolute Gasteiger partial charge is 0.260 e. The van der Waals surface area contributed by atoms with Crippen LogP contribution in [0.25, 0.3) is 0 Å². The van der Waals surface area contributed by atoms with Crippen molar-refractivity contribution in [1.82, 2.24) is 5.32 Å². The van der Waals surface area contributed by atoms with E-state index in [4.69, 9.17) is 4.74 Å². The Balaban J connectivity index is 1.73. The molecule has 1 amide bonds. The number of amides is 1. The van der Waals surface area contributed by atoms with Gasteiger partial charge >= 0.3 is 0 Å². The van der Waals surface area contributed by atoms with Gasteiger partial charge in [-0.15, -0.1) is 0 Å². The molecule has 4 heteroatoms. The summed E-state index contributed by atoms with van der Waals surface area (Å²) in [6.07, 6.45) is 3.00. The van der Waals surface area contributed by atoms with Crippen LogP contribution in [-0.2, 0) is 4.79 Å². The highest BCUT2D eigenvalue weighted by molar-refractivity contribution is 5.80. The SMILES string of the molecule is Cc1ccc(OC(C)C(=O)NCC2CCC(O)CC2)cc1. The fraction of sp³-hybridized carbons (Fsp3) is 0.588. The van der Waals surface area contributed by atoms with Crippen LogP contribution in [0.4, 0.5) is 0 Å². The average molecular weight is 291 g/mol. The van der Waals surface area contributed by atoms with Crippen LogP contribution >= 0.6 is 0 Å². The Morgan fingerprint density at radius 3 is 2.52 bits per heavy atom. The fourth-order valence-electron chi connectivity index (χ4n) is 2.61. The summed E-state index contributed by atoms with van der Waals surface area (Å²) in [6.45, 7) is 4.45. The van der Waals surface area contributed by atoms with Crippen LogP contribution in [0.2, 0.25) is 0 Å². The molecule has 0 aliphatic heterocycles. The maximum Gasteiger partial charge on any atom is 0.260 e. The normalized spacial score (nSPS) is 23.4. The highest BCUT2D eigenvalue weighted by Crippen LogP contribution is 2.23. The van der Waals surface area contributed by atoms with Crippen molar-refractivity contribution in [2.75, 3.05) is 6.54 Å². The first-order chi connectivity index (χ1) is 10.0. The Hall–Kier alpha value is -1.55. The van der Waals surface area contributed by atoms with E-state index in [1.807, 2.05) is 31.2 Å². The number of nitrogens with one attached hydrogen (secondary N) is 1. The number of rotatable bonds is 5. The maximum absolute atomic E-state index is 12.0. The van der Waals surface area contributed by atoms with E-state index in [1.54, 1.807) is 6.92 Å². The van der Waals surface area contributed by atoms with Crippen molar-refractivity contribution in [2.45, 2.75) is 51.7 Å². The Morgan fingerprint density at radius 2 is 1.90 bits per heavy atom. The third-order valence-corrected chi connectivity index (χ3v) is 4.08. The van der Waals surface area contributed by atoms with E-state index in [-0.39, 0.29) is 12.0 Å². The lowest BCUT2D eigenvalue weighted by atomic mass is 9.87. The summed E-state index contributed by atoms with van der Waals surface area (Å²) >= 11 is 0. The summed E-state index contributed by atoms with van der Waals surface area (Å²) in [5.74, 6) is 1.11. The zero-order valence-corrected chi connectivity index (χ0v) is 12.8. The summed E-state index contributed by atoms with van der Waals surface area (Å²) < 4.78 is 5.64. The molecule has 1 aromatic rings. The molecule has 1 fully saturated rings. The predicted molar refractivity (Wildman–Crippen MR) is 82.2 cm³/mol. The predicted octanol–water partition coefficient (Wildman–Crippen LogP) is 2.43. The molecule has 116 valence electrons. The lowest BCUT2D eigenvalue weighted by Crippen LogP contribution is -2.39. The number of hydrogen-bond acceptors (Lipinski definition) is 3. The molecular formula is C17H25NO3. The number of aliphatic hydroxyl groups excluding tert-OH is 1. The van der Waals surface area contributed by atoms with Crippen LogP contribution in [0.3, 0.4) is 0 Å². The van der Waals surface area contributed by atoms with Gasteiger partial charge in [-0.1, -0.05) is 17.7 Å². The van der Waals surface area contributed by atoms with Crippen LogP contribution in [0.1, 0.15) is 38.2 Å². The second kappa shape index (κ2) is 7.46. The Labute approximate surface area is 126 Å². The molecule has 0 aromatic heterocycles. The number of hydrogen-bond donors (Lipinski definition) is 2. The zero-order valence-electron chi connectivity index (χ0n) is 12.8. The maximum atomic E-state index is 12.0. The molecule has 0 saturated heterocycles. The molecule has 21 heavy (non-hydrogen) atoms. The third kappa shape index (κ3) is 5.05. The summed E-state index contributed by atoms with van der Waals surface area (Å²) in [4.78, 5) is 12.0. The van der Waals surface area contributed by atoms with E-state index >= 15 is 0 Å². The minimum atomic E-state index is -0.498.